The molecule has 0 aliphatic carbocycles. The Labute approximate surface area is 163 Å². The van der Waals surface area contributed by atoms with Crippen LogP contribution < -0.4 is 14.8 Å². The van der Waals surface area contributed by atoms with Crippen molar-refractivity contribution >= 4 is 33.9 Å². The number of carbonyl (C=O) groups excluding carboxylic acids is 2. The van der Waals surface area contributed by atoms with E-state index in [1.807, 2.05) is 0 Å². The monoisotopic (exact) mass is 434 g/mol. The van der Waals surface area contributed by atoms with Gasteiger partial charge in [-0.15, -0.1) is 0 Å². The van der Waals surface area contributed by atoms with E-state index in [4.69, 9.17) is 9.47 Å². The first-order valence-corrected chi connectivity index (χ1v) is 8.74. The van der Waals surface area contributed by atoms with E-state index in [1.165, 1.54) is 26.3 Å². The van der Waals surface area contributed by atoms with Gasteiger partial charge in [-0.05, 0) is 45.8 Å². The lowest BCUT2D eigenvalue weighted by Crippen LogP contribution is -2.25. The molecule has 1 N–H and O–H groups in total. The van der Waals surface area contributed by atoms with E-state index in [1.54, 1.807) is 30.3 Å². The number of ether oxygens (including phenoxy) is 2. The van der Waals surface area contributed by atoms with Gasteiger partial charge in [-0.3, -0.25) is 9.69 Å². The van der Waals surface area contributed by atoms with E-state index in [0.717, 1.165) is 4.90 Å². The molecule has 3 amide bonds. The summed E-state index contributed by atoms with van der Waals surface area (Å²) in [6, 6.07) is 9.23. The van der Waals surface area contributed by atoms with Crippen LogP contribution in [0, 0.1) is 5.82 Å². The molecule has 2 aromatic carbocycles. The molecule has 1 heterocycles. The Morgan fingerprint density at radius 3 is 2.63 bits per heavy atom. The normalized spacial score (nSPS) is 15.3. The van der Waals surface area contributed by atoms with Gasteiger partial charge in [0.25, 0.3) is 5.91 Å². The van der Waals surface area contributed by atoms with E-state index >= 15 is 0 Å². The fraction of sp³-hybridized carbons (Fsp3) is 0.158. The Morgan fingerprint density at radius 1 is 1.26 bits per heavy atom. The highest BCUT2D eigenvalue weighted by molar-refractivity contribution is 9.10. The topological polar surface area (TPSA) is 67.9 Å². The number of benzene rings is 2. The number of hydrogen-bond acceptors (Lipinski definition) is 4. The molecule has 0 bridgehead atoms. The molecule has 8 heteroatoms. The van der Waals surface area contributed by atoms with Gasteiger partial charge in [-0.2, -0.15) is 0 Å². The molecule has 1 aliphatic rings. The second kappa shape index (κ2) is 7.79. The second-order valence-corrected chi connectivity index (χ2v) is 6.62. The molecule has 0 spiro atoms. The Kier molecular flexibility index (Phi) is 5.46. The van der Waals surface area contributed by atoms with Crippen LogP contribution in [0.25, 0.3) is 6.08 Å². The summed E-state index contributed by atoms with van der Waals surface area (Å²) in [5.74, 6) is 0.0306. The van der Waals surface area contributed by atoms with Gasteiger partial charge >= 0.3 is 6.03 Å². The highest BCUT2D eigenvalue weighted by atomic mass is 79.9. The first-order chi connectivity index (χ1) is 12.9. The van der Waals surface area contributed by atoms with Crippen LogP contribution >= 0.6 is 15.9 Å². The van der Waals surface area contributed by atoms with Crippen LogP contribution in [0.3, 0.4) is 0 Å². The van der Waals surface area contributed by atoms with E-state index in [0.29, 0.717) is 27.1 Å². The lowest BCUT2D eigenvalue weighted by Gasteiger charge is -2.14. The maximum atomic E-state index is 13.8. The maximum Gasteiger partial charge on any atom is 0.328 e. The largest absolute Gasteiger partial charge is 0.493 e. The van der Waals surface area contributed by atoms with Crippen LogP contribution in [0.1, 0.15) is 11.1 Å². The van der Waals surface area contributed by atoms with Gasteiger partial charge in [-0.25, -0.2) is 9.18 Å². The highest BCUT2D eigenvalue weighted by Crippen LogP contribution is 2.38. The van der Waals surface area contributed by atoms with Crippen molar-refractivity contribution < 1.29 is 23.5 Å². The van der Waals surface area contributed by atoms with Gasteiger partial charge in [0.2, 0.25) is 0 Å². The minimum Gasteiger partial charge on any atom is -0.493 e. The van der Waals surface area contributed by atoms with E-state index in [-0.39, 0.29) is 18.1 Å². The van der Waals surface area contributed by atoms with Gasteiger partial charge in [-0.1, -0.05) is 18.2 Å². The molecule has 6 nitrogen and oxygen atoms in total. The minimum atomic E-state index is -0.484. The van der Waals surface area contributed by atoms with Crippen molar-refractivity contribution in [3.8, 4) is 11.5 Å². The minimum absolute atomic E-state index is 0.0292. The molecule has 2 aromatic rings. The molecule has 1 saturated heterocycles. The summed E-state index contributed by atoms with van der Waals surface area (Å²) >= 11 is 3.41. The zero-order chi connectivity index (χ0) is 19.6. The Hall–Kier alpha value is -2.87. The Bertz CT molecular complexity index is 945. The SMILES string of the molecule is COc1cc(/C=C2/NC(=O)N(C)C2=O)cc(Br)c1OCc1ccccc1F. The van der Waals surface area contributed by atoms with Crippen LogP contribution in [-0.4, -0.2) is 31.0 Å². The number of nitrogens with zero attached hydrogens (tertiary/aromatic N) is 1. The Balaban J connectivity index is 1.87. The number of hydrogen-bond donors (Lipinski definition) is 1. The molecular formula is C19H16BrFN2O4. The van der Waals surface area contributed by atoms with E-state index in [2.05, 4.69) is 21.2 Å². The van der Waals surface area contributed by atoms with Crippen LogP contribution in [0.4, 0.5) is 9.18 Å². The average molecular weight is 435 g/mol. The highest BCUT2D eigenvalue weighted by Gasteiger charge is 2.30. The van der Waals surface area contributed by atoms with Crippen molar-refractivity contribution in [1.29, 1.82) is 0 Å². The van der Waals surface area contributed by atoms with Crippen molar-refractivity contribution in [2.24, 2.45) is 0 Å². The number of imide groups is 1. The number of rotatable bonds is 5. The predicted molar refractivity (Wildman–Crippen MR) is 101 cm³/mol. The van der Waals surface area contributed by atoms with E-state index in [9.17, 15) is 14.0 Å². The predicted octanol–water partition coefficient (Wildman–Crippen LogP) is 3.70. The molecule has 3 rings (SSSR count). The first-order valence-electron chi connectivity index (χ1n) is 7.95. The summed E-state index contributed by atoms with van der Waals surface area (Å²) in [6.45, 7) is 0.0292. The molecule has 1 aliphatic heterocycles. The van der Waals surface area contributed by atoms with Crippen molar-refractivity contribution in [3.63, 3.8) is 0 Å². The number of halogens is 2. The average Bonchev–Trinajstić information content (AvgIpc) is 2.88. The van der Waals surface area contributed by atoms with Crippen molar-refractivity contribution in [2.75, 3.05) is 14.2 Å². The van der Waals surface area contributed by atoms with Gasteiger partial charge in [0.15, 0.2) is 11.5 Å². The quantitative estimate of drug-likeness (QED) is 0.575. The molecule has 0 aromatic heterocycles. The molecule has 27 heavy (non-hydrogen) atoms. The summed E-state index contributed by atoms with van der Waals surface area (Å²) in [5, 5.41) is 2.50. The van der Waals surface area contributed by atoms with Crippen molar-refractivity contribution in [2.45, 2.75) is 6.61 Å². The van der Waals surface area contributed by atoms with E-state index < -0.39 is 11.9 Å². The standard InChI is InChI=1S/C19H16BrFN2O4/c1-23-18(24)15(22-19(23)25)8-11-7-13(20)17(16(9-11)26-2)27-10-12-5-3-4-6-14(12)21/h3-9H,10H2,1-2H3,(H,22,25)/b15-8+. The molecule has 0 atom stereocenters. The number of methoxy groups -OCH3 is 1. The number of urea groups is 1. The van der Waals surface area contributed by atoms with Gasteiger partial charge < -0.3 is 14.8 Å². The van der Waals surface area contributed by atoms with Crippen molar-refractivity contribution in [3.05, 3.63) is 63.5 Å². The fourth-order valence-corrected chi connectivity index (χ4v) is 3.09. The van der Waals surface area contributed by atoms with Gasteiger partial charge in [0.05, 0.1) is 11.6 Å². The zero-order valence-corrected chi connectivity index (χ0v) is 16.2. The summed E-state index contributed by atoms with van der Waals surface area (Å²) in [6.07, 6.45) is 1.54. The molecule has 1 fully saturated rings. The zero-order valence-electron chi connectivity index (χ0n) is 14.6. The van der Waals surface area contributed by atoms with Gasteiger partial charge in [0.1, 0.15) is 18.1 Å². The molecule has 0 saturated carbocycles. The molecule has 0 radical (unpaired) electrons. The van der Waals surface area contributed by atoms with Crippen molar-refractivity contribution in [1.82, 2.24) is 10.2 Å². The maximum absolute atomic E-state index is 13.8. The third-order valence-corrected chi connectivity index (χ3v) is 4.56. The summed E-state index contributed by atoms with van der Waals surface area (Å²) in [5.41, 5.74) is 1.20. The Morgan fingerprint density at radius 2 is 2.00 bits per heavy atom. The first kappa shape index (κ1) is 18.9. The number of likely N-dealkylation sites (N-methyl/N-ethyl adjacent to an activating group) is 1. The molecular weight excluding hydrogens is 419 g/mol. The lowest BCUT2D eigenvalue weighted by atomic mass is 10.1. The smallest absolute Gasteiger partial charge is 0.328 e. The van der Waals surface area contributed by atoms with Crippen LogP contribution in [0.5, 0.6) is 11.5 Å². The van der Waals surface area contributed by atoms with Gasteiger partial charge in [0, 0.05) is 12.6 Å². The van der Waals surface area contributed by atoms with Crippen LogP contribution in [0.15, 0.2) is 46.6 Å². The molecule has 140 valence electrons. The summed E-state index contributed by atoms with van der Waals surface area (Å²) < 4.78 is 25.4. The van der Waals surface area contributed by atoms with Crippen LogP contribution in [0.2, 0.25) is 0 Å². The number of carbonyl (C=O) groups is 2. The van der Waals surface area contributed by atoms with Crippen LogP contribution in [-0.2, 0) is 11.4 Å². The summed E-state index contributed by atoms with van der Waals surface area (Å²) in [7, 11) is 2.87. The summed E-state index contributed by atoms with van der Waals surface area (Å²) in [4.78, 5) is 24.5. The third kappa shape index (κ3) is 3.95. The number of nitrogens with one attached hydrogen (secondary N) is 1. The number of amides is 3. The third-order valence-electron chi connectivity index (χ3n) is 3.97. The molecule has 0 unspecified atom stereocenters. The second-order valence-electron chi connectivity index (χ2n) is 5.77. The lowest BCUT2D eigenvalue weighted by molar-refractivity contribution is -0.121. The fourth-order valence-electron chi connectivity index (χ4n) is 2.52.